The van der Waals surface area contributed by atoms with E-state index in [2.05, 4.69) is 5.32 Å². The number of amides is 1. The van der Waals surface area contributed by atoms with E-state index in [-0.39, 0.29) is 5.91 Å². The minimum absolute atomic E-state index is 0.00938. The lowest BCUT2D eigenvalue weighted by atomic mass is 10.1. The molecule has 2 aromatic carbocycles. The van der Waals surface area contributed by atoms with Crippen molar-refractivity contribution in [3.8, 4) is 17.2 Å². The minimum Gasteiger partial charge on any atom is -0.494 e. The normalized spacial score (nSPS) is 10.3. The van der Waals surface area contributed by atoms with Gasteiger partial charge in [-0.2, -0.15) is 0 Å². The molecule has 2 aromatic rings. The standard InChI is InChI=1S/C22H29NO4/c1-4-25-19-10-7-17(8-11-19)16-22(24)23-14-13-18-9-12-20(26-5-2)21(15-18)27-6-3/h7-12,15H,4-6,13-14,16H2,1-3H3,(H,23,24). The van der Waals surface area contributed by atoms with E-state index < -0.39 is 0 Å². The first-order valence-corrected chi connectivity index (χ1v) is 9.53. The van der Waals surface area contributed by atoms with Crippen molar-refractivity contribution in [2.45, 2.75) is 33.6 Å². The summed E-state index contributed by atoms with van der Waals surface area (Å²) in [5.74, 6) is 2.33. The van der Waals surface area contributed by atoms with Crippen LogP contribution in [-0.4, -0.2) is 32.3 Å². The number of carbonyl (C=O) groups excluding carboxylic acids is 1. The van der Waals surface area contributed by atoms with Gasteiger partial charge in [0.05, 0.1) is 26.2 Å². The molecule has 146 valence electrons. The van der Waals surface area contributed by atoms with Crippen LogP contribution in [0, 0.1) is 0 Å². The van der Waals surface area contributed by atoms with Crippen LogP contribution in [0.4, 0.5) is 0 Å². The highest BCUT2D eigenvalue weighted by molar-refractivity contribution is 5.78. The zero-order valence-corrected chi connectivity index (χ0v) is 16.4. The third kappa shape index (κ3) is 6.85. The maximum Gasteiger partial charge on any atom is 0.224 e. The predicted octanol–water partition coefficient (Wildman–Crippen LogP) is 3.78. The second-order valence-corrected chi connectivity index (χ2v) is 6.00. The highest BCUT2D eigenvalue weighted by Crippen LogP contribution is 2.28. The number of hydrogen-bond acceptors (Lipinski definition) is 4. The number of rotatable bonds is 11. The van der Waals surface area contributed by atoms with Gasteiger partial charge in [-0.05, 0) is 62.6 Å². The Morgan fingerprint density at radius 2 is 1.44 bits per heavy atom. The molecule has 0 saturated carbocycles. The van der Waals surface area contributed by atoms with Crippen molar-refractivity contribution in [1.82, 2.24) is 5.32 Å². The highest BCUT2D eigenvalue weighted by Gasteiger charge is 2.07. The van der Waals surface area contributed by atoms with Crippen molar-refractivity contribution >= 4 is 5.91 Å². The SMILES string of the molecule is CCOc1ccc(CC(=O)NCCc2ccc(OCC)c(OCC)c2)cc1. The molecule has 0 aliphatic heterocycles. The van der Waals surface area contributed by atoms with Gasteiger partial charge < -0.3 is 19.5 Å². The molecule has 0 fully saturated rings. The molecule has 0 spiro atoms. The number of hydrogen-bond donors (Lipinski definition) is 1. The Hall–Kier alpha value is -2.69. The van der Waals surface area contributed by atoms with Crippen LogP contribution in [-0.2, 0) is 17.6 Å². The molecule has 5 nitrogen and oxygen atoms in total. The summed E-state index contributed by atoms with van der Waals surface area (Å²) in [6, 6.07) is 13.5. The molecule has 0 aliphatic rings. The first kappa shape index (κ1) is 20.6. The summed E-state index contributed by atoms with van der Waals surface area (Å²) in [5.41, 5.74) is 2.07. The topological polar surface area (TPSA) is 56.8 Å². The van der Waals surface area contributed by atoms with E-state index in [1.54, 1.807) is 0 Å². The van der Waals surface area contributed by atoms with E-state index in [1.807, 2.05) is 63.2 Å². The maximum atomic E-state index is 12.1. The molecule has 27 heavy (non-hydrogen) atoms. The molecule has 0 radical (unpaired) electrons. The van der Waals surface area contributed by atoms with E-state index >= 15 is 0 Å². The zero-order valence-electron chi connectivity index (χ0n) is 16.4. The van der Waals surface area contributed by atoms with Gasteiger partial charge in [-0.15, -0.1) is 0 Å². The summed E-state index contributed by atoms with van der Waals surface area (Å²) < 4.78 is 16.6. The van der Waals surface area contributed by atoms with Crippen molar-refractivity contribution in [3.63, 3.8) is 0 Å². The fraction of sp³-hybridized carbons (Fsp3) is 0.409. The van der Waals surface area contributed by atoms with Crippen LogP contribution in [0.5, 0.6) is 17.2 Å². The molecule has 0 aromatic heterocycles. The van der Waals surface area contributed by atoms with Gasteiger partial charge in [0, 0.05) is 6.54 Å². The predicted molar refractivity (Wildman–Crippen MR) is 107 cm³/mol. The molecule has 1 N–H and O–H groups in total. The lowest BCUT2D eigenvalue weighted by Gasteiger charge is -2.12. The summed E-state index contributed by atoms with van der Waals surface area (Å²) in [6.45, 7) is 8.24. The smallest absolute Gasteiger partial charge is 0.224 e. The average Bonchev–Trinajstić information content (AvgIpc) is 2.66. The summed E-state index contributed by atoms with van der Waals surface area (Å²) >= 11 is 0. The quantitative estimate of drug-likeness (QED) is 0.653. The van der Waals surface area contributed by atoms with Crippen molar-refractivity contribution in [3.05, 3.63) is 53.6 Å². The molecule has 0 aliphatic carbocycles. The van der Waals surface area contributed by atoms with Gasteiger partial charge in [-0.1, -0.05) is 18.2 Å². The van der Waals surface area contributed by atoms with Gasteiger partial charge >= 0.3 is 0 Å². The van der Waals surface area contributed by atoms with E-state index in [0.717, 1.165) is 34.8 Å². The zero-order chi connectivity index (χ0) is 19.5. The number of benzene rings is 2. The average molecular weight is 371 g/mol. The van der Waals surface area contributed by atoms with Crippen LogP contribution in [0.15, 0.2) is 42.5 Å². The summed E-state index contributed by atoms with van der Waals surface area (Å²) in [4.78, 5) is 12.1. The molecular formula is C22H29NO4. The van der Waals surface area contributed by atoms with Crippen molar-refractivity contribution in [2.24, 2.45) is 0 Å². The number of ether oxygens (including phenoxy) is 3. The second-order valence-electron chi connectivity index (χ2n) is 6.00. The van der Waals surface area contributed by atoms with Crippen LogP contribution in [0.25, 0.3) is 0 Å². The second kappa shape index (κ2) is 11.1. The first-order valence-electron chi connectivity index (χ1n) is 9.53. The molecule has 5 heteroatoms. The fourth-order valence-electron chi connectivity index (χ4n) is 2.72. The fourth-order valence-corrected chi connectivity index (χ4v) is 2.72. The molecular weight excluding hydrogens is 342 g/mol. The Morgan fingerprint density at radius 3 is 2.11 bits per heavy atom. The lowest BCUT2D eigenvalue weighted by Crippen LogP contribution is -2.27. The molecule has 0 atom stereocenters. The van der Waals surface area contributed by atoms with Crippen molar-refractivity contribution < 1.29 is 19.0 Å². The van der Waals surface area contributed by atoms with E-state index in [0.29, 0.717) is 32.8 Å². The maximum absolute atomic E-state index is 12.1. The van der Waals surface area contributed by atoms with E-state index in [1.165, 1.54) is 0 Å². The third-order valence-electron chi connectivity index (χ3n) is 3.94. The van der Waals surface area contributed by atoms with Gasteiger partial charge in [-0.25, -0.2) is 0 Å². The van der Waals surface area contributed by atoms with Gasteiger partial charge in [0.1, 0.15) is 5.75 Å². The van der Waals surface area contributed by atoms with Crippen molar-refractivity contribution in [2.75, 3.05) is 26.4 Å². The monoisotopic (exact) mass is 371 g/mol. The number of nitrogens with one attached hydrogen (secondary N) is 1. The Labute approximate surface area is 161 Å². The van der Waals surface area contributed by atoms with Gasteiger partial charge in [0.15, 0.2) is 11.5 Å². The molecule has 0 heterocycles. The lowest BCUT2D eigenvalue weighted by molar-refractivity contribution is -0.120. The highest BCUT2D eigenvalue weighted by atomic mass is 16.5. The number of carbonyl (C=O) groups is 1. The van der Waals surface area contributed by atoms with Gasteiger partial charge in [0.2, 0.25) is 5.91 Å². The summed E-state index contributed by atoms with van der Waals surface area (Å²) in [5, 5.41) is 2.97. The minimum atomic E-state index is 0.00938. The van der Waals surface area contributed by atoms with Crippen LogP contribution in [0.3, 0.4) is 0 Å². The Kier molecular flexibility index (Phi) is 8.49. The van der Waals surface area contributed by atoms with Crippen LogP contribution < -0.4 is 19.5 Å². The third-order valence-corrected chi connectivity index (χ3v) is 3.94. The molecule has 1 amide bonds. The van der Waals surface area contributed by atoms with Gasteiger partial charge in [-0.3, -0.25) is 4.79 Å². The van der Waals surface area contributed by atoms with Crippen LogP contribution in [0.2, 0.25) is 0 Å². The van der Waals surface area contributed by atoms with Crippen LogP contribution in [0.1, 0.15) is 31.9 Å². The van der Waals surface area contributed by atoms with Gasteiger partial charge in [0.25, 0.3) is 0 Å². The first-order chi connectivity index (χ1) is 13.2. The largest absolute Gasteiger partial charge is 0.494 e. The van der Waals surface area contributed by atoms with Crippen LogP contribution >= 0.6 is 0 Å². The Balaban J connectivity index is 1.82. The Morgan fingerprint density at radius 1 is 0.815 bits per heavy atom. The molecule has 0 unspecified atom stereocenters. The molecule has 2 rings (SSSR count). The van der Waals surface area contributed by atoms with E-state index in [9.17, 15) is 4.79 Å². The van der Waals surface area contributed by atoms with E-state index in [4.69, 9.17) is 14.2 Å². The molecule has 0 bridgehead atoms. The summed E-state index contributed by atoms with van der Waals surface area (Å²) in [7, 11) is 0. The Bertz CT molecular complexity index is 713. The van der Waals surface area contributed by atoms with Crippen molar-refractivity contribution in [1.29, 1.82) is 0 Å². The molecule has 0 saturated heterocycles. The summed E-state index contributed by atoms with van der Waals surface area (Å²) in [6.07, 6.45) is 1.10.